The van der Waals surface area contributed by atoms with Gasteiger partial charge in [0.2, 0.25) is 5.78 Å². The van der Waals surface area contributed by atoms with Crippen molar-refractivity contribution < 1.29 is 28.8 Å². The van der Waals surface area contributed by atoms with Crippen molar-refractivity contribution in [3.63, 3.8) is 0 Å². The summed E-state index contributed by atoms with van der Waals surface area (Å²) in [6, 6.07) is 1.47. The molecule has 0 fully saturated rings. The fourth-order valence-electron chi connectivity index (χ4n) is 1.00. The quantitative estimate of drug-likeness (QED) is 0.361. The molecular formula is C7H3ClLiN3O2. The van der Waals surface area contributed by atoms with E-state index in [1.807, 2.05) is 0 Å². The number of carbonyl (C=O) groups excluding carboxylic acids is 1. The molecule has 0 aromatic carbocycles. The zero-order valence-corrected chi connectivity index (χ0v) is 8.02. The molecule has 0 bridgehead atoms. The van der Waals surface area contributed by atoms with E-state index in [0.717, 1.165) is 0 Å². The van der Waals surface area contributed by atoms with Crippen LogP contribution < -0.4 is 24.0 Å². The van der Waals surface area contributed by atoms with Crippen molar-refractivity contribution in [1.82, 2.24) is 14.4 Å². The SMILES string of the molecule is O=C([O-])c1cnc2nc(Cl)ccn12.[Li+]. The average molecular weight is 204 g/mol. The molecule has 5 nitrogen and oxygen atoms in total. The molecule has 2 aromatic rings. The Labute approximate surface area is 95.9 Å². The third kappa shape index (κ3) is 1.75. The second-order valence-electron chi connectivity index (χ2n) is 2.35. The number of aromatic carboxylic acids is 1. The Hall–Kier alpha value is -1.02. The second kappa shape index (κ2) is 4.01. The molecule has 66 valence electrons. The van der Waals surface area contributed by atoms with Gasteiger partial charge in [-0.3, -0.25) is 4.40 Å². The summed E-state index contributed by atoms with van der Waals surface area (Å²) in [5.74, 6) is -1.05. The molecule has 0 spiro atoms. The van der Waals surface area contributed by atoms with Crippen LogP contribution in [0.2, 0.25) is 5.15 Å². The number of hydrogen-bond acceptors (Lipinski definition) is 4. The molecule has 0 saturated carbocycles. The minimum Gasteiger partial charge on any atom is -0.543 e. The summed E-state index contributed by atoms with van der Waals surface area (Å²) in [7, 11) is 0. The van der Waals surface area contributed by atoms with Crippen LogP contribution in [0, 0.1) is 0 Å². The van der Waals surface area contributed by atoms with Crippen molar-refractivity contribution in [3.05, 3.63) is 29.3 Å². The Morgan fingerprint density at radius 3 is 2.93 bits per heavy atom. The van der Waals surface area contributed by atoms with E-state index < -0.39 is 5.97 Å². The summed E-state index contributed by atoms with van der Waals surface area (Å²) < 4.78 is 1.29. The first-order valence-corrected chi connectivity index (χ1v) is 3.77. The number of carbonyl (C=O) groups is 1. The molecule has 0 atom stereocenters. The van der Waals surface area contributed by atoms with E-state index in [-0.39, 0.29) is 35.5 Å². The van der Waals surface area contributed by atoms with Gasteiger partial charge in [-0.15, -0.1) is 0 Å². The van der Waals surface area contributed by atoms with Gasteiger partial charge in [0.15, 0.2) is 0 Å². The van der Waals surface area contributed by atoms with Gasteiger partial charge >= 0.3 is 18.9 Å². The molecule has 0 saturated heterocycles. The predicted octanol–water partition coefficient (Wildman–Crippen LogP) is -3.25. The number of aromatic nitrogens is 3. The van der Waals surface area contributed by atoms with Gasteiger partial charge < -0.3 is 9.90 Å². The fourth-order valence-corrected chi connectivity index (χ4v) is 1.13. The van der Waals surface area contributed by atoms with Crippen molar-refractivity contribution >= 4 is 23.3 Å². The van der Waals surface area contributed by atoms with E-state index in [1.165, 1.54) is 22.9 Å². The van der Waals surface area contributed by atoms with Crippen LogP contribution >= 0.6 is 11.6 Å². The van der Waals surface area contributed by atoms with Crippen molar-refractivity contribution in [2.24, 2.45) is 0 Å². The molecule has 2 aromatic heterocycles. The Balaban J connectivity index is 0.000000980. The maximum atomic E-state index is 10.5. The standard InChI is InChI=1S/C7H4ClN3O2.Li/c8-5-1-2-11-4(6(12)13)3-9-7(11)10-5;/h1-3H,(H,12,13);/q;+1/p-1. The van der Waals surface area contributed by atoms with Crippen molar-refractivity contribution in [2.45, 2.75) is 0 Å². The smallest absolute Gasteiger partial charge is 0.543 e. The molecule has 0 aliphatic heterocycles. The van der Waals surface area contributed by atoms with Crippen LogP contribution in [0.1, 0.15) is 10.5 Å². The predicted molar refractivity (Wildman–Crippen MR) is 42.3 cm³/mol. The van der Waals surface area contributed by atoms with Gasteiger partial charge in [0.05, 0.1) is 17.9 Å². The Kier molecular flexibility index (Phi) is 3.16. The minimum atomic E-state index is -1.29. The van der Waals surface area contributed by atoms with Crippen LogP contribution in [0.4, 0.5) is 0 Å². The van der Waals surface area contributed by atoms with E-state index in [2.05, 4.69) is 9.97 Å². The number of fused-ring (bicyclic) bond motifs is 1. The maximum Gasteiger partial charge on any atom is 1.00 e. The molecule has 0 radical (unpaired) electrons. The summed E-state index contributed by atoms with van der Waals surface area (Å²) >= 11 is 5.58. The molecule has 0 amide bonds. The minimum absolute atomic E-state index is 0. The van der Waals surface area contributed by atoms with Crippen molar-refractivity contribution in [2.75, 3.05) is 0 Å². The normalized spacial score (nSPS) is 9.79. The maximum absolute atomic E-state index is 10.5. The number of hydrogen-bond donors (Lipinski definition) is 0. The molecule has 2 rings (SSSR count). The first-order valence-electron chi connectivity index (χ1n) is 3.39. The molecule has 0 aliphatic rings. The van der Waals surface area contributed by atoms with Gasteiger partial charge in [0.1, 0.15) is 5.15 Å². The van der Waals surface area contributed by atoms with E-state index in [0.29, 0.717) is 0 Å². The summed E-state index contributed by atoms with van der Waals surface area (Å²) in [4.78, 5) is 18.1. The summed E-state index contributed by atoms with van der Waals surface area (Å²) in [6.07, 6.45) is 2.65. The van der Waals surface area contributed by atoms with Crippen LogP contribution in [-0.4, -0.2) is 20.3 Å². The van der Waals surface area contributed by atoms with Crippen LogP contribution in [0.3, 0.4) is 0 Å². The monoisotopic (exact) mass is 203 g/mol. The van der Waals surface area contributed by atoms with Gasteiger partial charge in [0, 0.05) is 6.20 Å². The Morgan fingerprint density at radius 2 is 2.29 bits per heavy atom. The second-order valence-corrected chi connectivity index (χ2v) is 2.74. The van der Waals surface area contributed by atoms with Crippen LogP contribution in [-0.2, 0) is 0 Å². The number of rotatable bonds is 1. The summed E-state index contributed by atoms with van der Waals surface area (Å²) in [5.41, 5.74) is -0.0424. The number of imidazole rings is 1. The van der Waals surface area contributed by atoms with Crippen LogP contribution in [0.25, 0.3) is 5.78 Å². The molecule has 14 heavy (non-hydrogen) atoms. The van der Waals surface area contributed by atoms with Gasteiger partial charge in [-0.05, 0) is 6.07 Å². The summed E-state index contributed by atoms with van der Waals surface area (Å²) in [6.45, 7) is 0. The number of carboxylic acid groups (broad SMARTS) is 1. The number of nitrogens with zero attached hydrogens (tertiary/aromatic N) is 3. The third-order valence-corrected chi connectivity index (χ3v) is 1.76. The molecule has 0 aliphatic carbocycles. The third-order valence-electron chi connectivity index (χ3n) is 1.55. The molecular weight excluding hydrogens is 200 g/mol. The van der Waals surface area contributed by atoms with Crippen molar-refractivity contribution in [1.29, 1.82) is 0 Å². The molecule has 0 unspecified atom stereocenters. The van der Waals surface area contributed by atoms with Gasteiger partial charge in [-0.25, -0.2) is 9.97 Å². The Morgan fingerprint density at radius 1 is 1.57 bits per heavy atom. The first-order chi connectivity index (χ1) is 6.18. The average Bonchev–Trinajstić information content (AvgIpc) is 2.46. The van der Waals surface area contributed by atoms with Crippen LogP contribution in [0.5, 0.6) is 0 Å². The van der Waals surface area contributed by atoms with Gasteiger partial charge in [0.25, 0.3) is 0 Å². The van der Waals surface area contributed by atoms with Crippen molar-refractivity contribution in [3.8, 4) is 0 Å². The topological polar surface area (TPSA) is 70.3 Å². The van der Waals surface area contributed by atoms with E-state index >= 15 is 0 Å². The first kappa shape index (κ1) is 11.1. The molecule has 7 heteroatoms. The van der Waals surface area contributed by atoms with Gasteiger partial charge in [-0.1, -0.05) is 11.6 Å². The largest absolute Gasteiger partial charge is 1.00 e. The molecule has 0 N–H and O–H groups in total. The van der Waals surface area contributed by atoms with E-state index in [1.54, 1.807) is 0 Å². The zero-order valence-electron chi connectivity index (χ0n) is 7.27. The van der Waals surface area contributed by atoms with Gasteiger partial charge in [-0.2, -0.15) is 0 Å². The van der Waals surface area contributed by atoms with Crippen LogP contribution in [0.15, 0.2) is 18.5 Å². The zero-order chi connectivity index (χ0) is 9.42. The van der Waals surface area contributed by atoms with E-state index in [4.69, 9.17) is 11.6 Å². The Bertz CT molecular complexity index is 485. The number of carboxylic acids is 1. The molecule has 2 heterocycles. The van der Waals surface area contributed by atoms with E-state index in [9.17, 15) is 9.90 Å². The number of halogens is 1. The summed E-state index contributed by atoms with van der Waals surface area (Å²) in [5, 5.41) is 10.8. The fraction of sp³-hybridized carbons (Fsp3) is 0.